The molecule has 0 atom stereocenters. The molecular formula is C23H24N4O4S. The molecule has 8 nitrogen and oxygen atoms in total. The number of hydrogen-bond acceptors (Lipinski definition) is 6. The molecule has 0 bridgehead atoms. The number of rotatable bonds is 4. The highest BCUT2D eigenvalue weighted by atomic mass is 32.2. The summed E-state index contributed by atoms with van der Waals surface area (Å²) in [7, 11) is -3.64. The molecule has 3 aromatic rings. The van der Waals surface area contributed by atoms with Gasteiger partial charge in [-0.2, -0.15) is 5.10 Å². The first-order valence-corrected chi connectivity index (χ1v) is 12.3. The molecule has 1 amide bonds. The van der Waals surface area contributed by atoms with Gasteiger partial charge in [0.05, 0.1) is 35.2 Å². The van der Waals surface area contributed by atoms with Crippen LogP contribution in [0.4, 0.5) is 5.69 Å². The Morgan fingerprint density at radius 1 is 1.12 bits per heavy atom. The first-order valence-electron chi connectivity index (χ1n) is 10.6. The normalized spacial score (nSPS) is 16.8. The van der Waals surface area contributed by atoms with Crippen LogP contribution in [0.15, 0.2) is 53.4 Å². The maximum absolute atomic E-state index is 13.4. The van der Waals surface area contributed by atoms with Crippen molar-refractivity contribution in [1.82, 2.24) is 14.7 Å². The summed E-state index contributed by atoms with van der Waals surface area (Å²) in [6, 6.07) is 14.8. The molecule has 9 heteroatoms. The summed E-state index contributed by atoms with van der Waals surface area (Å²) in [4.78, 5) is 15.3. The molecule has 166 valence electrons. The second-order valence-electron chi connectivity index (χ2n) is 7.83. The zero-order valence-electron chi connectivity index (χ0n) is 17.7. The van der Waals surface area contributed by atoms with Crippen LogP contribution in [0.2, 0.25) is 0 Å². The van der Waals surface area contributed by atoms with E-state index in [9.17, 15) is 13.2 Å². The molecule has 1 N–H and O–H groups in total. The highest BCUT2D eigenvalue weighted by Gasteiger charge is 2.37. The number of para-hydroxylation sites is 1. The summed E-state index contributed by atoms with van der Waals surface area (Å²) < 4.78 is 33.6. The van der Waals surface area contributed by atoms with Crippen LogP contribution in [0.5, 0.6) is 0 Å². The number of amides is 1. The lowest BCUT2D eigenvalue weighted by atomic mass is 10.0. The van der Waals surface area contributed by atoms with Gasteiger partial charge in [-0.3, -0.25) is 4.79 Å². The summed E-state index contributed by atoms with van der Waals surface area (Å²) >= 11 is 0. The molecule has 5 rings (SSSR count). The number of carbonyl (C=O) groups is 1. The van der Waals surface area contributed by atoms with Gasteiger partial charge in [0.1, 0.15) is 0 Å². The van der Waals surface area contributed by atoms with E-state index in [1.807, 2.05) is 43.3 Å². The molecule has 0 radical (unpaired) electrons. The fraction of sp³-hybridized carbons (Fsp3) is 0.304. The van der Waals surface area contributed by atoms with Gasteiger partial charge in [-0.25, -0.2) is 13.1 Å². The van der Waals surface area contributed by atoms with E-state index >= 15 is 0 Å². The van der Waals surface area contributed by atoms with E-state index in [4.69, 9.17) is 4.74 Å². The molecule has 0 saturated carbocycles. The fourth-order valence-corrected chi connectivity index (χ4v) is 5.88. The Bertz CT molecular complexity index is 1280. The molecule has 1 fully saturated rings. The summed E-state index contributed by atoms with van der Waals surface area (Å²) in [5, 5.41) is 7.84. The quantitative estimate of drug-likeness (QED) is 0.654. The third kappa shape index (κ3) is 3.47. The van der Waals surface area contributed by atoms with Crippen LogP contribution in [0.1, 0.15) is 23.0 Å². The van der Waals surface area contributed by atoms with Crippen LogP contribution >= 0.6 is 0 Å². The number of carbonyl (C=O) groups excluding carboxylic acids is 1. The lowest BCUT2D eigenvalue weighted by Gasteiger charge is -2.26. The maximum Gasteiger partial charge on any atom is 0.274 e. The van der Waals surface area contributed by atoms with Crippen LogP contribution in [0.25, 0.3) is 16.9 Å². The summed E-state index contributed by atoms with van der Waals surface area (Å²) in [6.45, 7) is 4.48. The Kier molecular flexibility index (Phi) is 5.22. The molecule has 0 spiro atoms. The largest absolute Gasteiger partial charge is 0.385 e. The predicted octanol–water partition coefficient (Wildman–Crippen LogP) is 2.73. The molecule has 1 aromatic heterocycles. The van der Waals surface area contributed by atoms with E-state index in [0.717, 1.165) is 11.4 Å². The van der Waals surface area contributed by atoms with Gasteiger partial charge in [-0.05, 0) is 37.3 Å². The monoisotopic (exact) mass is 452 g/mol. The zero-order chi connectivity index (χ0) is 22.3. The number of aromatic nitrogens is 2. The van der Waals surface area contributed by atoms with E-state index in [1.165, 1.54) is 0 Å². The first kappa shape index (κ1) is 20.7. The van der Waals surface area contributed by atoms with E-state index in [-0.39, 0.29) is 22.2 Å². The summed E-state index contributed by atoms with van der Waals surface area (Å²) in [5.74, 6) is -0.523. The average molecular weight is 453 g/mol. The molecule has 3 heterocycles. The minimum atomic E-state index is -3.64. The van der Waals surface area contributed by atoms with Crippen LogP contribution in [0, 0.1) is 0 Å². The summed E-state index contributed by atoms with van der Waals surface area (Å²) in [5.41, 5.74) is 3.37. The predicted molar refractivity (Wildman–Crippen MR) is 121 cm³/mol. The maximum atomic E-state index is 13.4. The third-order valence-corrected chi connectivity index (χ3v) is 7.45. The number of benzene rings is 2. The standard InChI is InChI=1S/C23H24N4O4S/c1-2-24-16-8-9-18-20(14-16)32(29,30)15-19-21(23(28)26-10-12-31-13-11-26)25-27(22(18)19)17-6-4-3-5-7-17/h3-9,14,24H,2,10-13,15H2,1H3. The minimum Gasteiger partial charge on any atom is -0.385 e. The Balaban J connectivity index is 1.73. The van der Waals surface area contributed by atoms with Crippen molar-refractivity contribution in [3.63, 3.8) is 0 Å². The molecule has 1 saturated heterocycles. The Hall–Kier alpha value is -3.17. The topological polar surface area (TPSA) is 93.5 Å². The Labute approximate surface area is 186 Å². The van der Waals surface area contributed by atoms with Gasteiger partial charge in [0.2, 0.25) is 0 Å². The van der Waals surface area contributed by atoms with Crippen LogP contribution < -0.4 is 5.32 Å². The van der Waals surface area contributed by atoms with Crippen molar-refractivity contribution in [2.75, 3.05) is 38.2 Å². The Morgan fingerprint density at radius 2 is 1.88 bits per heavy atom. The molecule has 0 aliphatic carbocycles. The fourth-order valence-electron chi connectivity index (χ4n) is 4.26. The van der Waals surface area contributed by atoms with E-state index < -0.39 is 9.84 Å². The lowest BCUT2D eigenvalue weighted by molar-refractivity contribution is 0.0298. The van der Waals surface area contributed by atoms with Crippen molar-refractivity contribution in [1.29, 1.82) is 0 Å². The van der Waals surface area contributed by atoms with E-state index in [0.29, 0.717) is 49.7 Å². The number of hydrogen-bond donors (Lipinski definition) is 1. The van der Waals surface area contributed by atoms with Crippen molar-refractivity contribution in [2.45, 2.75) is 17.6 Å². The molecule has 2 aliphatic rings. The smallest absolute Gasteiger partial charge is 0.274 e. The Morgan fingerprint density at radius 3 is 2.59 bits per heavy atom. The zero-order valence-corrected chi connectivity index (χ0v) is 18.6. The number of anilines is 1. The number of fused-ring (bicyclic) bond motifs is 3. The number of ether oxygens (including phenoxy) is 1. The number of sulfone groups is 1. The van der Waals surface area contributed by atoms with Gasteiger partial charge in [0.15, 0.2) is 15.5 Å². The molecule has 0 unspecified atom stereocenters. The van der Waals surface area contributed by atoms with Crippen molar-refractivity contribution in [3.05, 3.63) is 59.8 Å². The van der Waals surface area contributed by atoms with Crippen LogP contribution in [-0.2, 0) is 20.3 Å². The van der Waals surface area contributed by atoms with Gasteiger partial charge < -0.3 is 15.0 Å². The van der Waals surface area contributed by atoms with Gasteiger partial charge in [-0.15, -0.1) is 0 Å². The minimum absolute atomic E-state index is 0.190. The molecule has 32 heavy (non-hydrogen) atoms. The molecular weight excluding hydrogens is 428 g/mol. The number of morpholine rings is 1. The SMILES string of the molecule is CCNc1ccc2c(c1)S(=O)(=O)Cc1c(C(=O)N3CCOCC3)nn(-c3ccccc3)c1-2. The lowest BCUT2D eigenvalue weighted by Crippen LogP contribution is -2.41. The van der Waals surface area contributed by atoms with E-state index in [2.05, 4.69) is 10.4 Å². The summed E-state index contributed by atoms with van der Waals surface area (Å²) in [6.07, 6.45) is 0. The van der Waals surface area contributed by atoms with Crippen molar-refractivity contribution in [2.24, 2.45) is 0 Å². The van der Waals surface area contributed by atoms with Gasteiger partial charge in [0.25, 0.3) is 5.91 Å². The number of nitrogens with one attached hydrogen (secondary N) is 1. The van der Waals surface area contributed by atoms with Crippen LogP contribution in [0.3, 0.4) is 0 Å². The van der Waals surface area contributed by atoms with Crippen molar-refractivity contribution in [3.8, 4) is 16.9 Å². The average Bonchev–Trinajstić information content (AvgIpc) is 3.18. The second-order valence-corrected chi connectivity index (χ2v) is 9.79. The van der Waals surface area contributed by atoms with E-state index in [1.54, 1.807) is 21.7 Å². The molecule has 2 aliphatic heterocycles. The highest BCUT2D eigenvalue weighted by molar-refractivity contribution is 7.91. The second kappa shape index (κ2) is 8.07. The van der Waals surface area contributed by atoms with Crippen LogP contribution in [-0.4, -0.2) is 61.9 Å². The van der Waals surface area contributed by atoms with Gasteiger partial charge in [-0.1, -0.05) is 18.2 Å². The third-order valence-electron chi connectivity index (χ3n) is 5.77. The first-order chi connectivity index (χ1) is 15.5. The van der Waals surface area contributed by atoms with Gasteiger partial charge >= 0.3 is 0 Å². The van der Waals surface area contributed by atoms with Crippen molar-refractivity contribution < 1.29 is 17.9 Å². The molecule has 2 aromatic carbocycles. The highest BCUT2D eigenvalue weighted by Crippen LogP contribution is 2.42. The van der Waals surface area contributed by atoms with Crippen molar-refractivity contribution >= 4 is 21.4 Å². The van der Waals surface area contributed by atoms with Gasteiger partial charge in [0, 0.05) is 36.4 Å². The number of nitrogens with zero attached hydrogens (tertiary/aromatic N) is 3.